The standard InChI is InChI=1S/C30H36Cl2N4O3/c1-3-35(16-14-22(19-33)24-13-12-23(31)18-27(24)32)15-5-4-8-21-9-6-10-25-26(21)20-36(30(25)39)28(11-7-17-37)29(38)34-2/h6,9-10,12-13,17-18,22,28H,3-5,7-8,11,14-16,20H2,1-2H3,(H,34,38). The first-order chi connectivity index (χ1) is 18.8. The van der Waals surface area contributed by atoms with Crippen LogP contribution in [0, 0.1) is 11.3 Å². The second-order valence-corrected chi connectivity index (χ2v) is 10.6. The predicted molar refractivity (Wildman–Crippen MR) is 154 cm³/mol. The summed E-state index contributed by atoms with van der Waals surface area (Å²) in [4.78, 5) is 40.5. The number of hydrogen-bond donors (Lipinski definition) is 1. The van der Waals surface area contributed by atoms with E-state index in [0.717, 1.165) is 61.9 Å². The molecular formula is C30H36Cl2N4O3. The van der Waals surface area contributed by atoms with Crippen molar-refractivity contribution in [3.8, 4) is 6.07 Å². The second kappa shape index (κ2) is 15.0. The average Bonchev–Trinajstić information content (AvgIpc) is 3.27. The quantitative estimate of drug-likeness (QED) is 0.229. The molecule has 0 bridgehead atoms. The van der Waals surface area contributed by atoms with E-state index in [-0.39, 0.29) is 24.2 Å². The molecule has 0 aromatic heterocycles. The van der Waals surface area contributed by atoms with Crippen LogP contribution in [0.3, 0.4) is 0 Å². The first-order valence-corrected chi connectivity index (χ1v) is 14.2. The highest BCUT2D eigenvalue weighted by Crippen LogP contribution is 2.31. The van der Waals surface area contributed by atoms with Crippen LogP contribution in [0.1, 0.15) is 72.0 Å². The molecule has 208 valence electrons. The van der Waals surface area contributed by atoms with Crippen LogP contribution in [-0.4, -0.2) is 60.6 Å². The number of unbranched alkanes of at least 4 members (excludes halogenated alkanes) is 1. The number of rotatable bonds is 15. The Bertz CT molecular complexity index is 1210. The van der Waals surface area contributed by atoms with Crippen LogP contribution in [0.5, 0.6) is 0 Å². The molecule has 0 fully saturated rings. The highest BCUT2D eigenvalue weighted by atomic mass is 35.5. The number of aryl methyl sites for hydroxylation is 1. The first kappa shape index (κ1) is 30.6. The van der Waals surface area contributed by atoms with E-state index in [1.807, 2.05) is 18.2 Å². The number of aldehydes is 1. The zero-order valence-corrected chi connectivity index (χ0v) is 24.1. The Morgan fingerprint density at radius 3 is 2.67 bits per heavy atom. The van der Waals surface area contributed by atoms with Gasteiger partial charge in [0.05, 0.1) is 12.0 Å². The molecule has 2 aromatic carbocycles. The second-order valence-electron chi connectivity index (χ2n) is 9.78. The number of likely N-dealkylation sites (N-methyl/N-ethyl adjacent to an activating group) is 1. The van der Waals surface area contributed by atoms with Crippen LogP contribution < -0.4 is 5.32 Å². The summed E-state index contributed by atoms with van der Waals surface area (Å²) in [7, 11) is 1.54. The van der Waals surface area contributed by atoms with Crippen molar-refractivity contribution in [2.45, 2.75) is 64.0 Å². The minimum absolute atomic E-state index is 0.156. The van der Waals surface area contributed by atoms with Gasteiger partial charge in [-0.1, -0.05) is 48.3 Å². The number of fused-ring (bicyclic) bond motifs is 1. The number of nitriles is 1. The maximum Gasteiger partial charge on any atom is 0.255 e. The molecule has 2 aromatic rings. The van der Waals surface area contributed by atoms with Crippen molar-refractivity contribution in [2.24, 2.45) is 0 Å². The fraction of sp³-hybridized carbons (Fsp3) is 0.467. The van der Waals surface area contributed by atoms with E-state index in [9.17, 15) is 19.6 Å². The molecule has 1 aliphatic rings. The van der Waals surface area contributed by atoms with Gasteiger partial charge in [-0.3, -0.25) is 9.59 Å². The normalized spacial score (nSPS) is 14.2. The maximum absolute atomic E-state index is 13.1. The lowest BCUT2D eigenvalue weighted by Gasteiger charge is -2.26. The minimum Gasteiger partial charge on any atom is -0.357 e. The van der Waals surface area contributed by atoms with Crippen LogP contribution in [0.4, 0.5) is 0 Å². The van der Waals surface area contributed by atoms with Gasteiger partial charge in [0.15, 0.2) is 0 Å². The lowest BCUT2D eigenvalue weighted by molar-refractivity contribution is -0.125. The van der Waals surface area contributed by atoms with E-state index >= 15 is 0 Å². The maximum atomic E-state index is 13.1. The van der Waals surface area contributed by atoms with Gasteiger partial charge >= 0.3 is 0 Å². The molecule has 9 heteroatoms. The first-order valence-electron chi connectivity index (χ1n) is 13.5. The molecule has 2 atom stereocenters. The molecule has 2 unspecified atom stereocenters. The Labute approximate surface area is 241 Å². The van der Waals surface area contributed by atoms with Crippen molar-refractivity contribution in [3.63, 3.8) is 0 Å². The van der Waals surface area contributed by atoms with Gasteiger partial charge in [-0.2, -0.15) is 5.26 Å². The van der Waals surface area contributed by atoms with Gasteiger partial charge < -0.3 is 19.9 Å². The molecule has 7 nitrogen and oxygen atoms in total. The molecule has 0 saturated carbocycles. The number of benzene rings is 2. The number of carbonyl (C=O) groups excluding carboxylic acids is 3. The van der Waals surface area contributed by atoms with Crippen molar-refractivity contribution in [1.29, 1.82) is 5.26 Å². The van der Waals surface area contributed by atoms with E-state index in [0.29, 0.717) is 35.0 Å². The monoisotopic (exact) mass is 570 g/mol. The van der Waals surface area contributed by atoms with Crippen molar-refractivity contribution < 1.29 is 14.4 Å². The van der Waals surface area contributed by atoms with E-state index in [1.165, 1.54) is 0 Å². The third kappa shape index (κ3) is 7.82. The van der Waals surface area contributed by atoms with Crippen molar-refractivity contribution in [2.75, 3.05) is 26.7 Å². The molecule has 0 radical (unpaired) electrons. The molecule has 1 heterocycles. The fourth-order valence-corrected chi connectivity index (χ4v) is 5.73. The molecule has 2 amide bonds. The molecule has 0 aliphatic carbocycles. The molecule has 1 N–H and O–H groups in total. The van der Waals surface area contributed by atoms with Crippen molar-refractivity contribution in [1.82, 2.24) is 15.1 Å². The summed E-state index contributed by atoms with van der Waals surface area (Å²) in [6, 6.07) is 12.8. The Balaban J connectivity index is 1.55. The Kier molecular flexibility index (Phi) is 11.8. The number of carbonyl (C=O) groups is 3. The molecule has 3 rings (SSSR count). The van der Waals surface area contributed by atoms with Crippen LogP contribution in [0.25, 0.3) is 0 Å². The van der Waals surface area contributed by atoms with E-state index in [1.54, 1.807) is 24.1 Å². The van der Waals surface area contributed by atoms with Crippen LogP contribution in [0.2, 0.25) is 10.0 Å². The largest absolute Gasteiger partial charge is 0.357 e. The number of halogens is 2. The van der Waals surface area contributed by atoms with Crippen LogP contribution in [0.15, 0.2) is 36.4 Å². The number of hydrogen-bond acceptors (Lipinski definition) is 5. The minimum atomic E-state index is -0.661. The number of amides is 2. The van der Waals surface area contributed by atoms with Gasteiger partial charge in [0, 0.05) is 35.6 Å². The van der Waals surface area contributed by atoms with Gasteiger partial charge in [0.2, 0.25) is 5.91 Å². The smallest absolute Gasteiger partial charge is 0.255 e. The average molecular weight is 572 g/mol. The molecule has 1 aliphatic heterocycles. The SMILES string of the molecule is CCN(CCCCc1cccc2c1CN(C(CCC=O)C(=O)NC)C2=O)CCC(C#N)c1ccc(Cl)cc1Cl. The highest BCUT2D eigenvalue weighted by molar-refractivity contribution is 6.35. The Morgan fingerprint density at radius 1 is 1.21 bits per heavy atom. The Hall–Kier alpha value is -2.92. The summed E-state index contributed by atoms with van der Waals surface area (Å²) in [5, 5.41) is 13.4. The number of nitrogens with one attached hydrogen (secondary N) is 1. The van der Waals surface area contributed by atoms with Crippen LogP contribution >= 0.6 is 23.2 Å². The lowest BCUT2D eigenvalue weighted by atomic mass is 9.96. The van der Waals surface area contributed by atoms with Gasteiger partial charge in [0.25, 0.3) is 5.91 Å². The lowest BCUT2D eigenvalue weighted by Crippen LogP contribution is -2.46. The molecule has 39 heavy (non-hydrogen) atoms. The van der Waals surface area contributed by atoms with Gasteiger partial charge in [-0.05, 0) is 86.6 Å². The predicted octanol–water partition coefficient (Wildman–Crippen LogP) is 5.38. The zero-order valence-electron chi connectivity index (χ0n) is 22.6. The zero-order chi connectivity index (χ0) is 28.4. The van der Waals surface area contributed by atoms with Gasteiger partial charge in [-0.15, -0.1) is 0 Å². The molecule has 0 saturated heterocycles. The summed E-state index contributed by atoms with van der Waals surface area (Å²) in [5.41, 5.74) is 3.56. The van der Waals surface area contributed by atoms with E-state index < -0.39 is 6.04 Å². The highest BCUT2D eigenvalue weighted by Gasteiger charge is 2.36. The summed E-state index contributed by atoms with van der Waals surface area (Å²) in [6.45, 7) is 5.09. The van der Waals surface area contributed by atoms with Crippen LogP contribution in [-0.2, 0) is 22.6 Å². The summed E-state index contributed by atoms with van der Waals surface area (Å²) in [6.07, 6.45) is 4.77. The van der Waals surface area contributed by atoms with E-state index in [4.69, 9.17) is 23.2 Å². The number of nitrogens with zero attached hydrogens (tertiary/aromatic N) is 3. The summed E-state index contributed by atoms with van der Waals surface area (Å²) < 4.78 is 0. The van der Waals surface area contributed by atoms with Gasteiger partial charge in [0.1, 0.15) is 12.3 Å². The summed E-state index contributed by atoms with van der Waals surface area (Å²) in [5.74, 6) is -0.700. The van der Waals surface area contributed by atoms with Crippen molar-refractivity contribution >= 4 is 41.3 Å². The third-order valence-electron chi connectivity index (χ3n) is 7.42. The van der Waals surface area contributed by atoms with E-state index in [2.05, 4.69) is 29.3 Å². The molecular weight excluding hydrogens is 535 g/mol. The fourth-order valence-electron chi connectivity index (χ4n) is 5.19. The summed E-state index contributed by atoms with van der Waals surface area (Å²) >= 11 is 12.3. The van der Waals surface area contributed by atoms with Crippen molar-refractivity contribution in [3.05, 3.63) is 68.7 Å². The van der Waals surface area contributed by atoms with Gasteiger partial charge in [-0.25, -0.2) is 0 Å². The Morgan fingerprint density at radius 2 is 2.00 bits per heavy atom. The third-order valence-corrected chi connectivity index (χ3v) is 7.98. The topological polar surface area (TPSA) is 93.5 Å². The molecule has 0 spiro atoms.